The van der Waals surface area contributed by atoms with Crippen molar-refractivity contribution in [3.63, 3.8) is 0 Å². The van der Waals surface area contributed by atoms with Gasteiger partial charge in [0.1, 0.15) is 0 Å². The Morgan fingerprint density at radius 1 is 0.773 bits per heavy atom. The summed E-state index contributed by atoms with van der Waals surface area (Å²) in [4.78, 5) is 22.7. The van der Waals surface area contributed by atoms with Crippen LogP contribution in [0.25, 0.3) is 0 Å². The van der Waals surface area contributed by atoms with Gasteiger partial charge < -0.3 is 9.47 Å². The van der Waals surface area contributed by atoms with Gasteiger partial charge in [0.05, 0.1) is 13.2 Å². The van der Waals surface area contributed by atoms with Crippen molar-refractivity contribution in [1.29, 1.82) is 0 Å². The van der Waals surface area contributed by atoms with Crippen molar-refractivity contribution in [2.24, 2.45) is 0 Å². The van der Waals surface area contributed by atoms with Gasteiger partial charge in [-0.1, -0.05) is 45.4 Å². The first-order valence-corrected chi connectivity index (χ1v) is 8.81. The van der Waals surface area contributed by atoms with Crippen LogP contribution in [-0.4, -0.2) is 31.0 Å². The molecule has 0 spiro atoms. The molecule has 0 aromatic carbocycles. The molecule has 0 aromatic rings. The summed E-state index contributed by atoms with van der Waals surface area (Å²) in [5, 5.41) is 0. The minimum Gasteiger partial charge on any atom is -0.463 e. The Hall–Kier alpha value is -1.03. The highest BCUT2D eigenvalue weighted by Gasteiger charge is 2.01. The normalized spacial score (nSPS) is 10.8. The van der Waals surface area contributed by atoms with E-state index in [2.05, 4.69) is 6.92 Å². The van der Waals surface area contributed by atoms with Crippen molar-refractivity contribution in [2.75, 3.05) is 19.1 Å². The predicted molar refractivity (Wildman–Crippen MR) is 89.0 cm³/mol. The molecule has 0 saturated heterocycles. The molecule has 0 aliphatic carbocycles. The Balaban J connectivity index is 3.51. The van der Waals surface area contributed by atoms with E-state index in [4.69, 9.17) is 21.1 Å². The third-order valence-corrected chi connectivity index (χ3v) is 3.39. The maximum absolute atomic E-state index is 11.4. The van der Waals surface area contributed by atoms with E-state index in [0.29, 0.717) is 19.1 Å². The predicted octanol–water partition coefficient (Wildman–Crippen LogP) is 4.40. The highest BCUT2D eigenvalue weighted by atomic mass is 35.5. The minimum absolute atomic E-state index is 0.373. The lowest BCUT2D eigenvalue weighted by molar-refractivity contribution is -0.140. The monoisotopic (exact) mass is 332 g/mol. The lowest BCUT2D eigenvalue weighted by atomic mass is 10.2. The zero-order valence-electron chi connectivity index (χ0n) is 13.7. The number of hydrogen-bond donors (Lipinski definition) is 0. The summed E-state index contributed by atoms with van der Waals surface area (Å²) >= 11 is 5.57. The number of ether oxygens (including phenoxy) is 2. The number of alkyl halides is 1. The van der Waals surface area contributed by atoms with Crippen molar-refractivity contribution in [2.45, 2.75) is 64.7 Å². The van der Waals surface area contributed by atoms with E-state index in [0.717, 1.165) is 50.7 Å². The first kappa shape index (κ1) is 21.0. The average Bonchev–Trinajstić information content (AvgIpc) is 2.52. The molecule has 0 saturated carbocycles. The number of rotatable bonds is 14. The summed E-state index contributed by atoms with van der Waals surface area (Å²) in [7, 11) is 0. The van der Waals surface area contributed by atoms with Crippen molar-refractivity contribution in [3.8, 4) is 0 Å². The molecule has 128 valence electrons. The van der Waals surface area contributed by atoms with Crippen LogP contribution in [0.3, 0.4) is 0 Å². The standard InChI is InChI=1S/C17H29ClO4/c1-2-3-4-6-9-14-21-16(19)11-12-17(20)22-15-10-7-5-8-13-18/h11-12H,2-10,13-15H2,1H3/b12-11+. The molecule has 0 aliphatic heterocycles. The second-order valence-electron chi connectivity index (χ2n) is 5.19. The van der Waals surface area contributed by atoms with Crippen LogP contribution >= 0.6 is 11.6 Å². The number of halogens is 1. The van der Waals surface area contributed by atoms with Crippen LogP contribution in [0.15, 0.2) is 12.2 Å². The Morgan fingerprint density at radius 3 is 1.68 bits per heavy atom. The zero-order chi connectivity index (χ0) is 16.5. The van der Waals surface area contributed by atoms with Gasteiger partial charge in [0.15, 0.2) is 0 Å². The van der Waals surface area contributed by atoms with Gasteiger partial charge in [-0.15, -0.1) is 11.6 Å². The maximum atomic E-state index is 11.4. The van der Waals surface area contributed by atoms with E-state index in [9.17, 15) is 9.59 Å². The van der Waals surface area contributed by atoms with Gasteiger partial charge in [0.2, 0.25) is 0 Å². The van der Waals surface area contributed by atoms with Crippen LogP contribution < -0.4 is 0 Å². The largest absolute Gasteiger partial charge is 0.463 e. The van der Waals surface area contributed by atoms with Crippen molar-refractivity contribution >= 4 is 23.5 Å². The third-order valence-electron chi connectivity index (χ3n) is 3.12. The molecule has 0 atom stereocenters. The van der Waals surface area contributed by atoms with Gasteiger partial charge in [-0.05, 0) is 19.3 Å². The molecule has 5 heteroatoms. The Kier molecular flexibility index (Phi) is 15.6. The SMILES string of the molecule is CCCCCCCOC(=O)/C=C/C(=O)OCCCCCCCl. The molecule has 0 unspecified atom stereocenters. The third kappa shape index (κ3) is 15.4. The molecule has 0 heterocycles. The topological polar surface area (TPSA) is 52.6 Å². The van der Waals surface area contributed by atoms with E-state index >= 15 is 0 Å². The molecule has 0 aromatic heterocycles. The smallest absolute Gasteiger partial charge is 0.331 e. The van der Waals surface area contributed by atoms with Crippen LogP contribution in [0.4, 0.5) is 0 Å². The van der Waals surface area contributed by atoms with Crippen LogP contribution in [0, 0.1) is 0 Å². The van der Waals surface area contributed by atoms with E-state index in [-0.39, 0.29) is 0 Å². The molecule has 0 radical (unpaired) electrons. The van der Waals surface area contributed by atoms with Gasteiger partial charge in [-0.2, -0.15) is 0 Å². The van der Waals surface area contributed by atoms with E-state index in [1.165, 1.54) is 19.3 Å². The fourth-order valence-corrected chi connectivity index (χ4v) is 2.02. The first-order valence-electron chi connectivity index (χ1n) is 8.28. The van der Waals surface area contributed by atoms with Crippen molar-refractivity contribution in [1.82, 2.24) is 0 Å². The molecule has 4 nitrogen and oxygen atoms in total. The number of esters is 2. The second-order valence-corrected chi connectivity index (χ2v) is 5.56. The Morgan fingerprint density at radius 2 is 1.23 bits per heavy atom. The first-order chi connectivity index (χ1) is 10.7. The Bertz CT molecular complexity index is 286. The molecular formula is C17H29ClO4. The van der Waals surface area contributed by atoms with Gasteiger partial charge in [-0.3, -0.25) is 0 Å². The summed E-state index contributed by atoms with van der Waals surface area (Å²) in [5.41, 5.74) is 0. The fourth-order valence-electron chi connectivity index (χ4n) is 1.83. The summed E-state index contributed by atoms with van der Waals surface area (Å²) in [5.74, 6) is -0.324. The minimum atomic E-state index is -0.503. The quantitative estimate of drug-likeness (QED) is 0.205. The van der Waals surface area contributed by atoms with Gasteiger partial charge in [-0.25, -0.2) is 9.59 Å². The maximum Gasteiger partial charge on any atom is 0.331 e. The number of unbranched alkanes of at least 4 members (excludes halogenated alkanes) is 7. The van der Waals surface area contributed by atoms with E-state index < -0.39 is 11.9 Å². The van der Waals surface area contributed by atoms with Crippen LogP contribution in [0.2, 0.25) is 0 Å². The molecule has 0 bridgehead atoms. The lowest BCUT2D eigenvalue weighted by Gasteiger charge is -2.02. The molecule has 22 heavy (non-hydrogen) atoms. The second kappa shape index (κ2) is 16.3. The highest BCUT2D eigenvalue weighted by molar-refractivity contribution is 6.17. The lowest BCUT2D eigenvalue weighted by Crippen LogP contribution is -2.06. The summed E-state index contributed by atoms with van der Waals surface area (Å²) in [6.07, 6.45) is 11.6. The Labute approximate surface area is 139 Å². The number of carbonyl (C=O) groups excluding carboxylic acids is 2. The van der Waals surface area contributed by atoms with E-state index in [1.54, 1.807) is 0 Å². The zero-order valence-corrected chi connectivity index (χ0v) is 14.4. The average molecular weight is 333 g/mol. The summed E-state index contributed by atoms with van der Waals surface area (Å²) in [6.45, 7) is 2.93. The fraction of sp³-hybridized carbons (Fsp3) is 0.765. The highest BCUT2D eigenvalue weighted by Crippen LogP contribution is 2.03. The molecule has 0 rings (SSSR count). The van der Waals surface area contributed by atoms with Gasteiger partial charge in [0, 0.05) is 18.0 Å². The van der Waals surface area contributed by atoms with Crippen LogP contribution in [0.1, 0.15) is 64.7 Å². The molecule has 0 N–H and O–H groups in total. The van der Waals surface area contributed by atoms with Crippen molar-refractivity contribution < 1.29 is 19.1 Å². The number of carbonyl (C=O) groups is 2. The van der Waals surface area contributed by atoms with Gasteiger partial charge >= 0.3 is 11.9 Å². The number of hydrogen-bond acceptors (Lipinski definition) is 4. The molecular weight excluding hydrogens is 304 g/mol. The molecule has 0 amide bonds. The molecule has 0 fully saturated rings. The summed E-state index contributed by atoms with van der Waals surface area (Å²) < 4.78 is 9.97. The van der Waals surface area contributed by atoms with E-state index in [1.807, 2.05) is 0 Å². The van der Waals surface area contributed by atoms with Gasteiger partial charge in [0.25, 0.3) is 0 Å². The van der Waals surface area contributed by atoms with Crippen LogP contribution in [-0.2, 0) is 19.1 Å². The summed E-state index contributed by atoms with van der Waals surface area (Å²) in [6, 6.07) is 0. The van der Waals surface area contributed by atoms with Crippen molar-refractivity contribution in [3.05, 3.63) is 12.2 Å². The van der Waals surface area contributed by atoms with Crippen LogP contribution in [0.5, 0.6) is 0 Å². The molecule has 0 aliphatic rings.